The Morgan fingerprint density at radius 1 is 0.829 bits per heavy atom. The first-order valence-electron chi connectivity index (χ1n) is 13.4. The summed E-state index contributed by atoms with van der Waals surface area (Å²) in [5.74, 6) is 0.811. The minimum Gasteiger partial charge on any atom is -0.494 e. The number of rotatable bonds is 13. The predicted molar refractivity (Wildman–Crippen MR) is 163 cm³/mol. The Balaban J connectivity index is 0.00000462. The van der Waals surface area contributed by atoms with E-state index in [0.29, 0.717) is 38.2 Å². The number of benzene rings is 4. The SMILES string of the molecule is Cl.NCCc1cccc(OCCCN(Cc2cccc(C(F)(F)F)c2Cl)CC(c2ccccc2)c2ccccc2)c1. The highest BCUT2D eigenvalue weighted by molar-refractivity contribution is 6.32. The van der Waals surface area contributed by atoms with Crippen LogP contribution in [0.15, 0.2) is 103 Å². The van der Waals surface area contributed by atoms with Gasteiger partial charge in [0, 0.05) is 25.6 Å². The zero-order chi connectivity index (χ0) is 28.4. The van der Waals surface area contributed by atoms with Crippen molar-refractivity contribution in [3.8, 4) is 5.75 Å². The number of nitrogens with two attached hydrogens (primary N) is 1. The highest BCUT2D eigenvalue weighted by Gasteiger charge is 2.34. The Hall–Kier alpha value is -3.03. The Bertz CT molecular complexity index is 1300. The van der Waals surface area contributed by atoms with Gasteiger partial charge in [-0.3, -0.25) is 4.90 Å². The van der Waals surface area contributed by atoms with Crippen LogP contribution in [0.3, 0.4) is 0 Å². The minimum atomic E-state index is -4.51. The molecule has 3 nitrogen and oxygen atoms in total. The zero-order valence-electron chi connectivity index (χ0n) is 22.7. The van der Waals surface area contributed by atoms with Crippen molar-refractivity contribution in [2.75, 3.05) is 26.2 Å². The summed E-state index contributed by atoms with van der Waals surface area (Å²) in [6, 6.07) is 32.3. The van der Waals surface area contributed by atoms with Crippen LogP contribution in [0.2, 0.25) is 5.02 Å². The van der Waals surface area contributed by atoms with Crippen LogP contribution in [0.25, 0.3) is 0 Å². The zero-order valence-corrected chi connectivity index (χ0v) is 24.3. The van der Waals surface area contributed by atoms with Crippen molar-refractivity contribution >= 4 is 24.0 Å². The standard InChI is InChI=1S/C33H34ClF3N2O.ClH/c34-32-28(15-8-17-31(32)33(35,36)37)23-39(20-9-21-40-29-16-7-10-25(22-29)18-19-38)24-30(26-11-3-1-4-12-26)27-13-5-2-6-14-27;/h1-8,10-17,22,30H,9,18-21,23-24,38H2;1H. The van der Waals surface area contributed by atoms with Gasteiger partial charge in [-0.1, -0.05) is 96.5 Å². The Labute approximate surface area is 251 Å². The average Bonchev–Trinajstić information content (AvgIpc) is 2.95. The summed E-state index contributed by atoms with van der Waals surface area (Å²) in [7, 11) is 0. The van der Waals surface area contributed by atoms with Gasteiger partial charge in [-0.25, -0.2) is 0 Å². The van der Waals surface area contributed by atoms with E-state index in [1.165, 1.54) is 6.07 Å². The lowest BCUT2D eigenvalue weighted by Crippen LogP contribution is -2.31. The summed E-state index contributed by atoms with van der Waals surface area (Å²) in [5.41, 5.74) is 8.72. The Morgan fingerprint density at radius 2 is 1.46 bits per heavy atom. The number of nitrogens with zero attached hydrogens (tertiary/aromatic N) is 1. The third kappa shape index (κ3) is 9.50. The van der Waals surface area contributed by atoms with Gasteiger partial charge >= 0.3 is 6.18 Å². The summed E-state index contributed by atoms with van der Waals surface area (Å²) < 4.78 is 46.8. The van der Waals surface area contributed by atoms with E-state index >= 15 is 0 Å². The fourth-order valence-corrected chi connectivity index (χ4v) is 5.16. The normalized spacial score (nSPS) is 11.5. The van der Waals surface area contributed by atoms with Crippen molar-refractivity contribution in [1.29, 1.82) is 0 Å². The topological polar surface area (TPSA) is 38.5 Å². The summed E-state index contributed by atoms with van der Waals surface area (Å²) in [4.78, 5) is 2.17. The second kappa shape index (κ2) is 15.8. The van der Waals surface area contributed by atoms with Crippen LogP contribution in [-0.2, 0) is 19.1 Å². The molecule has 4 rings (SSSR count). The van der Waals surface area contributed by atoms with E-state index in [-0.39, 0.29) is 29.9 Å². The van der Waals surface area contributed by atoms with Crippen LogP contribution in [0.5, 0.6) is 5.75 Å². The molecular formula is C33H35Cl2F3N2O. The lowest BCUT2D eigenvalue weighted by molar-refractivity contribution is -0.137. The van der Waals surface area contributed by atoms with Crippen molar-refractivity contribution in [2.24, 2.45) is 5.73 Å². The van der Waals surface area contributed by atoms with Gasteiger partial charge in [0.2, 0.25) is 0 Å². The third-order valence-electron chi connectivity index (χ3n) is 6.84. The summed E-state index contributed by atoms with van der Waals surface area (Å²) in [6.45, 7) is 2.55. The van der Waals surface area contributed by atoms with Gasteiger partial charge in [0.1, 0.15) is 5.75 Å². The molecule has 0 aliphatic carbocycles. The highest BCUT2D eigenvalue weighted by atomic mass is 35.5. The molecule has 0 aromatic heterocycles. The molecule has 0 amide bonds. The molecule has 4 aromatic rings. The van der Waals surface area contributed by atoms with Gasteiger partial charge in [-0.15, -0.1) is 12.4 Å². The van der Waals surface area contributed by atoms with Crippen molar-refractivity contribution in [3.05, 3.63) is 136 Å². The first-order chi connectivity index (χ1) is 19.3. The van der Waals surface area contributed by atoms with E-state index in [1.54, 1.807) is 6.07 Å². The van der Waals surface area contributed by atoms with Crippen LogP contribution in [0, 0.1) is 0 Å². The van der Waals surface area contributed by atoms with Crippen molar-refractivity contribution in [2.45, 2.75) is 31.5 Å². The Kier molecular flexibility index (Phi) is 12.5. The first kappa shape index (κ1) is 32.5. The molecular weight excluding hydrogens is 568 g/mol. The summed E-state index contributed by atoms with van der Waals surface area (Å²) >= 11 is 6.31. The van der Waals surface area contributed by atoms with E-state index in [4.69, 9.17) is 22.1 Å². The predicted octanol–water partition coefficient (Wildman–Crippen LogP) is 8.39. The van der Waals surface area contributed by atoms with E-state index in [9.17, 15) is 13.2 Å². The molecule has 0 aliphatic heterocycles. The van der Waals surface area contributed by atoms with Crippen molar-refractivity contribution in [3.63, 3.8) is 0 Å². The smallest absolute Gasteiger partial charge is 0.417 e. The van der Waals surface area contributed by atoms with Gasteiger partial charge in [0.25, 0.3) is 0 Å². The maximum Gasteiger partial charge on any atom is 0.417 e. The van der Waals surface area contributed by atoms with Gasteiger partial charge < -0.3 is 10.5 Å². The fraction of sp³-hybridized carbons (Fsp3) is 0.273. The van der Waals surface area contributed by atoms with Gasteiger partial charge in [0.05, 0.1) is 17.2 Å². The van der Waals surface area contributed by atoms with E-state index in [2.05, 4.69) is 29.2 Å². The molecule has 2 N–H and O–H groups in total. The highest BCUT2D eigenvalue weighted by Crippen LogP contribution is 2.37. The molecule has 218 valence electrons. The molecule has 8 heteroatoms. The minimum absolute atomic E-state index is 0. The van der Waals surface area contributed by atoms with Crippen LogP contribution in [0.1, 0.15) is 40.2 Å². The molecule has 0 heterocycles. The lowest BCUT2D eigenvalue weighted by Gasteiger charge is -2.29. The molecule has 0 saturated heterocycles. The van der Waals surface area contributed by atoms with Crippen molar-refractivity contribution in [1.82, 2.24) is 4.90 Å². The maximum atomic E-state index is 13.6. The fourth-order valence-electron chi connectivity index (χ4n) is 4.86. The molecule has 0 atom stereocenters. The molecule has 0 radical (unpaired) electrons. The molecule has 0 fully saturated rings. The van der Waals surface area contributed by atoms with E-state index in [1.807, 2.05) is 60.7 Å². The third-order valence-corrected chi connectivity index (χ3v) is 7.29. The lowest BCUT2D eigenvalue weighted by atomic mass is 9.90. The number of ether oxygens (including phenoxy) is 1. The van der Waals surface area contributed by atoms with Gasteiger partial charge in [0.15, 0.2) is 0 Å². The summed E-state index contributed by atoms with van der Waals surface area (Å²) in [5, 5.41) is -0.246. The largest absolute Gasteiger partial charge is 0.494 e. The average molecular weight is 604 g/mol. The molecule has 0 bridgehead atoms. The maximum absolute atomic E-state index is 13.6. The van der Waals surface area contributed by atoms with Crippen LogP contribution in [0.4, 0.5) is 13.2 Å². The molecule has 4 aromatic carbocycles. The van der Waals surface area contributed by atoms with Crippen LogP contribution < -0.4 is 10.5 Å². The van der Waals surface area contributed by atoms with Crippen LogP contribution in [-0.4, -0.2) is 31.1 Å². The summed E-state index contributed by atoms with van der Waals surface area (Å²) in [6.07, 6.45) is -3.04. The second-order valence-corrected chi connectivity index (χ2v) is 10.2. The molecule has 0 spiro atoms. The number of hydrogen-bond acceptors (Lipinski definition) is 3. The molecule has 41 heavy (non-hydrogen) atoms. The van der Waals surface area contributed by atoms with E-state index < -0.39 is 11.7 Å². The van der Waals surface area contributed by atoms with Gasteiger partial charge in [-0.05, 0) is 59.8 Å². The van der Waals surface area contributed by atoms with Gasteiger partial charge in [-0.2, -0.15) is 13.2 Å². The first-order valence-corrected chi connectivity index (χ1v) is 13.8. The molecule has 0 saturated carbocycles. The molecule has 0 aliphatic rings. The number of hydrogen-bond donors (Lipinski definition) is 1. The van der Waals surface area contributed by atoms with Crippen LogP contribution >= 0.6 is 24.0 Å². The second-order valence-electron chi connectivity index (χ2n) is 9.77. The quantitative estimate of drug-likeness (QED) is 0.156. The monoisotopic (exact) mass is 602 g/mol. The molecule has 0 unspecified atom stereocenters. The van der Waals surface area contributed by atoms with E-state index in [0.717, 1.165) is 34.9 Å². The number of halogens is 5. The Morgan fingerprint density at radius 3 is 2.07 bits per heavy atom. The van der Waals surface area contributed by atoms with Crippen molar-refractivity contribution < 1.29 is 17.9 Å². The number of alkyl halides is 3.